The van der Waals surface area contributed by atoms with Crippen LogP contribution in [0.3, 0.4) is 0 Å². The van der Waals surface area contributed by atoms with Gasteiger partial charge in [-0.15, -0.1) is 12.4 Å². The Morgan fingerprint density at radius 1 is 1.35 bits per heavy atom. The highest BCUT2D eigenvalue weighted by Crippen LogP contribution is 2.16. The minimum atomic E-state index is -3.67. The fourth-order valence-corrected chi connectivity index (χ4v) is 2.35. The Kier molecular flexibility index (Phi) is 5.52. The molecule has 1 saturated heterocycles. The van der Waals surface area contributed by atoms with Gasteiger partial charge in [-0.1, -0.05) is 12.1 Å². The highest BCUT2D eigenvalue weighted by molar-refractivity contribution is 7.89. The maximum Gasteiger partial charge on any atom is 0.238 e. The number of carbonyl (C=O) groups excluding carboxylic acids is 1. The molecule has 0 spiro atoms. The third kappa shape index (κ3) is 3.92. The molecular weight excluding hydrogens is 302 g/mol. The fraction of sp³-hybridized carbons (Fsp3) is 0.417. The minimum absolute atomic E-state index is 0. The van der Waals surface area contributed by atoms with Gasteiger partial charge in [-0.2, -0.15) is 0 Å². The molecule has 1 amide bonds. The molecule has 0 bridgehead atoms. The van der Waals surface area contributed by atoms with E-state index in [1.807, 2.05) is 6.92 Å². The molecule has 1 heterocycles. The monoisotopic (exact) mass is 319 g/mol. The smallest absolute Gasteiger partial charge is 0.238 e. The Hall–Kier alpha value is -1.15. The van der Waals surface area contributed by atoms with Gasteiger partial charge in [-0.05, 0) is 24.6 Å². The van der Waals surface area contributed by atoms with Gasteiger partial charge in [0.25, 0.3) is 0 Å². The average Bonchev–Trinajstić information content (AvgIpc) is 2.25. The van der Waals surface area contributed by atoms with E-state index in [4.69, 9.17) is 5.14 Å². The summed E-state index contributed by atoms with van der Waals surface area (Å²) >= 11 is 0. The lowest BCUT2D eigenvalue weighted by molar-refractivity contribution is -0.127. The number of hydrogen-bond donors (Lipinski definition) is 3. The second-order valence-corrected chi connectivity index (χ2v) is 6.26. The van der Waals surface area contributed by atoms with Gasteiger partial charge in [0, 0.05) is 13.1 Å². The topological polar surface area (TPSA) is 101 Å². The van der Waals surface area contributed by atoms with E-state index >= 15 is 0 Å². The lowest BCUT2D eigenvalue weighted by Gasteiger charge is -2.27. The summed E-state index contributed by atoms with van der Waals surface area (Å²) in [5.41, 5.74) is 0.841. The van der Waals surface area contributed by atoms with Crippen molar-refractivity contribution in [1.82, 2.24) is 10.6 Å². The molecule has 0 aliphatic carbocycles. The molecule has 6 nitrogen and oxygen atoms in total. The van der Waals surface area contributed by atoms with E-state index < -0.39 is 10.0 Å². The van der Waals surface area contributed by atoms with Crippen molar-refractivity contribution in [2.24, 2.45) is 11.1 Å². The summed E-state index contributed by atoms with van der Waals surface area (Å²) in [6.07, 6.45) is 0. The van der Waals surface area contributed by atoms with Crippen molar-refractivity contribution >= 4 is 28.3 Å². The summed E-state index contributed by atoms with van der Waals surface area (Å²) in [5.74, 6) is 0.0490. The van der Waals surface area contributed by atoms with Crippen molar-refractivity contribution < 1.29 is 13.2 Å². The van der Waals surface area contributed by atoms with Crippen LogP contribution in [0.4, 0.5) is 0 Å². The molecule has 1 unspecified atom stereocenters. The second kappa shape index (κ2) is 6.53. The first-order chi connectivity index (χ1) is 8.88. The van der Waals surface area contributed by atoms with E-state index in [0.717, 1.165) is 5.56 Å². The van der Waals surface area contributed by atoms with E-state index in [2.05, 4.69) is 10.6 Å². The number of nitrogens with one attached hydrogen (secondary N) is 2. The van der Waals surface area contributed by atoms with Crippen molar-refractivity contribution in [1.29, 1.82) is 0 Å². The van der Waals surface area contributed by atoms with E-state index in [0.29, 0.717) is 13.1 Å². The first-order valence-electron chi connectivity index (χ1n) is 6.02. The quantitative estimate of drug-likeness (QED) is 0.735. The van der Waals surface area contributed by atoms with Crippen LogP contribution in [0.25, 0.3) is 0 Å². The molecule has 2 rings (SSSR count). The van der Waals surface area contributed by atoms with Gasteiger partial charge in [0.05, 0.1) is 16.9 Å². The van der Waals surface area contributed by atoms with Crippen molar-refractivity contribution in [3.8, 4) is 0 Å². The lowest BCUT2D eigenvalue weighted by Crippen LogP contribution is -2.51. The van der Waals surface area contributed by atoms with Crippen LogP contribution in [0.1, 0.15) is 18.5 Å². The molecule has 0 aromatic heterocycles. The van der Waals surface area contributed by atoms with Crippen LogP contribution in [-0.4, -0.2) is 27.4 Å². The zero-order valence-corrected chi connectivity index (χ0v) is 12.6. The predicted molar refractivity (Wildman–Crippen MR) is 78.0 cm³/mol. The number of sulfonamides is 1. The summed E-state index contributed by atoms with van der Waals surface area (Å²) in [6, 6.07) is 6.03. The van der Waals surface area contributed by atoms with Gasteiger partial charge >= 0.3 is 0 Å². The first kappa shape index (κ1) is 16.9. The number of carbonyl (C=O) groups is 1. The summed E-state index contributed by atoms with van der Waals surface area (Å²) in [6.45, 7) is 3.28. The van der Waals surface area contributed by atoms with E-state index in [9.17, 15) is 13.2 Å². The van der Waals surface area contributed by atoms with Crippen LogP contribution < -0.4 is 15.8 Å². The highest BCUT2D eigenvalue weighted by Gasteiger charge is 2.25. The number of halogens is 1. The van der Waals surface area contributed by atoms with Gasteiger partial charge in [-0.25, -0.2) is 13.6 Å². The average molecular weight is 320 g/mol. The Morgan fingerprint density at radius 2 is 1.90 bits per heavy atom. The van der Waals surface area contributed by atoms with Crippen LogP contribution in [0.2, 0.25) is 0 Å². The molecule has 20 heavy (non-hydrogen) atoms. The first-order valence-corrected chi connectivity index (χ1v) is 7.56. The summed E-state index contributed by atoms with van der Waals surface area (Å²) in [4.78, 5) is 11.8. The third-order valence-electron chi connectivity index (χ3n) is 3.22. The second-order valence-electron chi connectivity index (χ2n) is 4.70. The largest absolute Gasteiger partial charge is 0.349 e. The van der Waals surface area contributed by atoms with Crippen molar-refractivity contribution in [3.05, 3.63) is 29.8 Å². The molecule has 8 heteroatoms. The molecule has 0 radical (unpaired) electrons. The van der Waals surface area contributed by atoms with Crippen LogP contribution >= 0.6 is 12.4 Å². The summed E-state index contributed by atoms with van der Waals surface area (Å²) in [5, 5.41) is 11.0. The molecule has 1 aliphatic heterocycles. The Labute approximate surface area is 124 Å². The lowest BCUT2D eigenvalue weighted by atomic mass is 10.0. The summed E-state index contributed by atoms with van der Waals surface area (Å²) in [7, 11) is -3.67. The Bertz CT molecular complexity index is 570. The van der Waals surface area contributed by atoms with E-state index in [-0.39, 0.29) is 35.2 Å². The molecule has 1 fully saturated rings. The SMILES string of the molecule is CC(NC(=O)C1CNC1)c1ccc(S(N)(=O)=O)cc1.Cl. The van der Waals surface area contributed by atoms with E-state index in [1.165, 1.54) is 12.1 Å². The zero-order valence-electron chi connectivity index (χ0n) is 11.0. The molecule has 112 valence electrons. The number of nitrogens with two attached hydrogens (primary N) is 1. The number of amides is 1. The normalized spacial score (nSPS) is 16.7. The van der Waals surface area contributed by atoms with Gasteiger partial charge in [-0.3, -0.25) is 4.79 Å². The number of rotatable bonds is 4. The number of hydrogen-bond acceptors (Lipinski definition) is 4. The minimum Gasteiger partial charge on any atom is -0.349 e. The van der Waals surface area contributed by atoms with Gasteiger partial charge in [0.2, 0.25) is 15.9 Å². The van der Waals surface area contributed by atoms with Crippen LogP contribution in [0.5, 0.6) is 0 Å². The van der Waals surface area contributed by atoms with Crippen molar-refractivity contribution in [2.75, 3.05) is 13.1 Å². The highest BCUT2D eigenvalue weighted by atomic mass is 35.5. The standard InChI is InChI=1S/C12H17N3O3S.ClH/c1-8(15-12(16)10-6-14-7-10)9-2-4-11(5-3-9)19(13,17)18;/h2-5,8,10,14H,6-7H2,1H3,(H,15,16)(H2,13,17,18);1H. The van der Waals surface area contributed by atoms with Gasteiger partial charge in [0.1, 0.15) is 0 Å². The number of primary sulfonamides is 1. The summed E-state index contributed by atoms with van der Waals surface area (Å²) < 4.78 is 22.3. The number of benzene rings is 1. The van der Waals surface area contributed by atoms with Crippen LogP contribution in [-0.2, 0) is 14.8 Å². The molecule has 4 N–H and O–H groups in total. The van der Waals surface area contributed by atoms with Crippen LogP contribution in [0, 0.1) is 5.92 Å². The fourth-order valence-electron chi connectivity index (χ4n) is 1.83. The molecule has 1 aromatic rings. The zero-order chi connectivity index (χ0) is 14.0. The molecule has 1 aliphatic rings. The Balaban J connectivity index is 0.00000200. The van der Waals surface area contributed by atoms with Crippen molar-refractivity contribution in [2.45, 2.75) is 17.9 Å². The van der Waals surface area contributed by atoms with Crippen LogP contribution in [0.15, 0.2) is 29.2 Å². The Morgan fingerprint density at radius 3 is 2.30 bits per heavy atom. The molecule has 0 saturated carbocycles. The predicted octanol–water partition coefficient (Wildman–Crippen LogP) is 0.152. The van der Waals surface area contributed by atoms with Crippen molar-refractivity contribution in [3.63, 3.8) is 0 Å². The molecular formula is C12H18ClN3O3S. The third-order valence-corrected chi connectivity index (χ3v) is 4.15. The molecule has 1 aromatic carbocycles. The van der Waals surface area contributed by atoms with Gasteiger partial charge < -0.3 is 10.6 Å². The maximum atomic E-state index is 11.8. The molecule has 1 atom stereocenters. The maximum absolute atomic E-state index is 11.8. The van der Waals surface area contributed by atoms with E-state index in [1.54, 1.807) is 12.1 Å². The van der Waals surface area contributed by atoms with Gasteiger partial charge in [0.15, 0.2) is 0 Å².